The second-order valence-corrected chi connectivity index (χ2v) is 8.28. The lowest BCUT2D eigenvalue weighted by Gasteiger charge is -2.57. The Morgan fingerprint density at radius 1 is 1.37 bits per heavy atom. The third kappa shape index (κ3) is 2.20. The van der Waals surface area contributed by atoms with E-state index in [0.29, 0.717) is 23.8 Å². The topological polar surface area (TPSA) is 67.5 Å². The molecule has 6 nitrogen and oxygen atoms in total. The first-order chi connectivity index (χ1) is 13.2. The number of ether oxygens (including phenoxy) is 2. The van der Waals surface area contributed by atoms with Gasteiger partial charge in [-0.1, -0.05) is 12.1 Å². The van der Waals surface area contributed by atoms with Crippen molar-refractivity contribution < 1.29 is 14.3 Å². The maximum atomic E-state index is 12.9. The minimum Gasteiger partial charge on any atom is -0.456 e. The molecule has 1 N–H and O–H groups in total. The highest BCUT2D eigenvalue weighted by Crippen LogP contribution is 2.58. The molecule has 2 saturated heterocycles. The van der Waals surface area contributed by atoms with Crippen molar-refractivity contribution in [1.82, 2.24) is 15.1 Å². The van der Waals surface area contributed by atoms with Crippen molar-refractivity contribution in [2.24, 2.45) is 5.92 Å². The fourth-order valence-corrected chi connectivity index (χ4v) is 5.53. The summed E-state index contributed by atoms with van der Waals surface area (Å²) in [7, 11) is 0. The lowest BCUT2D eigenvalue weighted by molar-refractivity contribution is -0.0772. The summed E-state index contributed by atoms with van der Waals surface area (Å²) >= 11 is 0. The molecule has 0 radical (unpaired) electrons. The molecule has 1 aliphatic carbocycles. The van der Waals surface area contributed by atoms with E-state index < -0.39 is 0 Å². The lowest BCUT2D eigenvalue weighted by Crippen LogP contribution is -2.63. The molecule has 4 aliphatic rings. The van der Waals surface area contributed by atoms with Crippen LogP contribution in [-0.4, -0.2) is 59.0 Å². The molecule has 0 bridgehead atoms. The van der Waals surface area contributed by atoms with Gasteiger partial charge in [0, 0.05) is 29.9 Å². The normalized spacial score (nSPS) is 32.2. The molecule has 3 atom stereocenters. The van der Waals surface area contributed by atoms with Gasteiger partial charge in [-0.05, 0) is 49.0 Å². The van der Waals surface area contributed by atoms with Crippen LogP contribution in [0.25, 0.3) is 16.5 Å². The van der Waals surface area contributed by atoms with Crippen LogP contribution in [0.5, 0.6) is 0 Å². The highest BCUT2D eigenvalue weighted by atomic mass is 16.5. The molecule has 6 rings (SSSR count). The van der Waals surface area contributed by atoms with Crippen molar-refractivity contribution in [1.29, 1.82) is 0 Å². The number of benzene rings is 1. The van der Waals surface area contributed by atoms with Crippen LogP contribution in [0.2, 0.25) is 0 Å². The summed E-state index contributed by atoms with van der Waals surface area (Å²) in [6.07, 6.45) is 6.72. The van der Waals surface area contributed by atoms with Crippen LogP contribution in [0.3, 0.4) is 0 Å². The Morgan fingerprint density at radius 2 is 2.33 bits per heavy atom. The van der Waals surface area contributed by atoms with Crippen molar-refractivity contribution in [2.75, 3.05) is 26.3 Å². The number of rotatable bonds is 3. The maximum absolute atomic E-state index is 12.9. The summed E-state index contributed by atoms with van der Waals surface area (Å²) in [4.78, 5) is 15.4. The molecule has 3 unspecified atom stereocenters. The quantitative estimate of drug-likeness (QED) is 0.847. The standard InChI is InChI=1S/C21H23N3O3/c25-20(27-18-12-24-8-7-21(24)6-3-16(18)21)19-15-11-14(1-2-17(15)22-23-19)13-4-9-26-10-5-13/h1-2,4,11,16,18H,3,5-10,12H2,(H,22,23). The number of hydrogen-bond acceptors (Lipinski definition) is 5. The fourth-order valence-electron chi connectivity index (χ4n) is 5.53. The van der Waals surface area contributed by atoms with Crippen molar-refractivity contribution in [3.63, 3.8) is 0 Å². The zero-order chi connectivity index (χ0) is 18.0. The number of fused-ring (bicyclic) bond motifs is 1. The van der Waals surface area contributed by atoms with E-state index in [0.717, 1.165) is 42.6 Å². The number of esters is 1. The van der Waals surface area contributed by atoms with Gasteiger partial charge in [-0.25, -0.2) is 4.79 Å². The van der Waals surface area contributed by atoms with Crippen molar-refractivity contribution >= 4 is 22.4 Å². The molecule has 27 heavy (non-hydrogen) atoms. The Balaban J connectivity index is 1.28. The van der Waals surface area contributed by atoms with E-state index in [1.807, 2.05) is 6.07 Å². The van der Waals surface area contributed by atoms with Crippen LogP contribution in [0.4, 0.5) is 0 Å². The second kappa shape index (κ2) is 5.66. The van der Waals surface area contributed by atoms with Crippen LogP contribution < -0.4 is 0 Å². The molecule has 2 aromatic rings. The number of carbonyl (C=O) groups excluding carboxylic acids is 1. The van der Waals surface area contributed by atoms with E-state index in [1.165, 1.54) is 24.8 Å². The van der Waals surface area contributed by atoms with Crippen molar-refractivity contribution in [3.05, 3.63) is 35.5 Å². The van der Waals surface area contributed by atoms with Crippen LogP contribution in [0.1, 0.15) is 41.7 Å². The van der Waals surface area contributed by atoms with E-state index >= 15 is 0 Å². The highest BCUT2D eigenvalue weighted by molar-refractivity contribution is 6.02. The first-order valence-electron chi connectivity index (χ1n) is 9.96. The monoisotopic (exact) mass is 365 g/mol. The molecule has 0 amide bonds. The zero-order valence-corrected chi connectivity index (χ0v) is 15.2. The Labute approximate surface area is 157 Å². The predicted octanol–water partition coefficient (Wildman–Crippen LogP) is 2.76. The first kappa shape index (κ1) is 15.8. The highest BCUT2D eigenvalue weighted by Gasteiger charge is 2.64. The second-order valence-electron chi connectivity index (χ2n) is 8.28. The van der Waals surface area contributed by atoms with Crippen molar-refractivity contribution in [3.8, 4) is 0 Å². The molecular formula is C21H23N3O3. The van der Waals surface area contributed by atoms with Crippen molar-refractivity contribution in [2.45, 2.75) is 37.3 Å². The Kier molecular flexibility index (Phi) is 3.32. The molecular weight excluding hydrogens is 342 g/mol. The third-order valence-corrected chi connectivity index (χ3v) is 7.22. The van der Waals surface area contributed by atoms with Crippen LogP contribution in [-0.2, 0) is 9.47 Å². The Hall–Kier alpha value is -2.18. The molecule has 1 aromatic carbocycles. The van der Waals surface area contributed by atoms with Gasteiger partial charge in [0.25, 0.3) is 0 Å². The molecule has 140 valence electrons. The summed E-state index contributed by atoms with van der Waals surface area (Å²) < 4.78 is 11.4. The summed E-state index contributed by atoms with van der Waals surface area (Å²) in [6.45, 7) is 3.43. The van der Waals surface area contributed by atoms with Gasteiger partial charge >= 0.3 is 5.97 Å². The van der Waals surface area contributed by atoms with Gasteiger partial charge in [0.15, 0.2) is 5.69 Å². The number of aromatic nitrogens is 2. The third-order valence-electron chi connectivity index (χ3n) is 7.22. The SMILES string of the molecule is O=C(OC1CN2CCC23CCC13)c1n[nH]c2ccc(C3=CCOCC3)cc12. The van der Waals surface area contributed by atoms with Gasteiger partial charge in [0.1, 0.15) is 6.10 Å². The summed E-state index contributed by atoms with van der Waals surface area (Å²) in [5, 5.41) is 8.10. The molecule has 4 heterocycles. The number of aromatic amines is 1. The predicted molar refractivity (Wildman–Crippen MR) is 100 cm³/mol. The lowest BCUT2D eigenvalue weighted by atomic mass is 9.61. The van der Waals surface area contributed by atoms with Crippen LogP contribution in [0, 0.1) is 5.92 Å². The van der Waals surface area contributed by atoms with Gasteiger partial charge in [0.2, 0.25) is 0 Å². The molecule has 3 fully saturated rings. The minimum absolute atomic E-state index is 0.0156. The van der Waals surface area contributed by atoms with Gasteiger partial charge in [-0.15, -0.1) is 0 Å². The Morgan fingerprint density at radius 3 is 3.04 bits per heavy atom. The average molecular weight is 365 g/mol. The molecule has 6 heteroatoms. The van der Waals surface area contributed by atoms with Crippen LogP contribution >= 0.6 is 0 Å². The minimum atomic E-state index is -0.297. The van der Waals surface area contributed by atoms with E-state index in [4.69, 9.17) is 9.47 Å². The van der Waals surface area contributed by atoms with Gasteiger partial charge in [0.05, 0.1) is 18.7 Å². The zero-order valence-electron chi connectivity index (χ0n) is 15.2. The molecule has 3 aliphatic heterocycles. The Bertz CT molecular complexity index is 961. The van der Waals surface area contributed by atoms with Crippen LogP contribution in [0.15, 0.2) is 24.3 Å². The molecule has 1 saturated carbocycles. The van der Waals surface area contributed by atoms with Gasteiger partial charge in [-0.3, -0.25) is 10.00 Å². The van der Waals surface area contributed by atoms with E-state index in [-0.39, 0.29) is 12.1 Å². The number of nitrogens with one attached hydrogen (secondary N) is 1. The smallest absolute Gasteiger partial charge is 0.359 e. The maximum Gasteiger partial charge on any atom is 0.359 e. The fraction of sp³-hybridized carbons (Fsp3) is 0.524. The molecule has 1 spiro atoms. The number of nitrogens with zero attached hydrogens (tertiary/aromatic N) is 2. The summed E-state index contributed by atoms with van der Waals surface area (Å²) in [5.74, 6) is 0.220. The van der Waals surface area contributed by atoms with Gasteiger partial charge < -0.3 is 9.47 Å². The van der Waals surface area contributed by atoms with E-state index in [1.54, 1.807) is 0 Å². The van der Waals surface area contributed by atoms with Gasteiger partial charge in [-0.2, -0.15) is 5.10 Å². The summed E-state index contributed by atoms with van der Waals surface area (Å²) in [5.41, 5.74) is 4.03. The molecule has 1 aromatic heterocycles. The largest absolute Gasteiger partial charge is 0.456 e. The average Bonchev–Trinajstić information content (AvgIpc) is 3.13. The van der Waals surface area contributed by atoms with E-state index in [2.05, 4.69) is 33.3 Å². The number of carbonyl (C=O) groups is 1. The number of H-pyrrole nitrogens is 1. The van der Waals surface area contributed by atoms with E-state index in [9.17, 15) is 4.79 Å². The summed E-state index contributed by atoms with van der Waals surface area (Å²) in [6, 6.07) is 6.12. The number of hydrogen-bond donors (Lipinski definition) is 1. The first-order valence-corrected chi connectivity index (χ1v) is 9.96.